The maximum absolute atomic E-state index is 11.7. The van der Waals surface area contributed by atoms with Gasteiger partial charge in [0, 0.05) is 5.56 Å². The Balaban J connectivity index is 2.76. The van der Waals surface area contributed by atoms with Crippen molar-refractivity contribution in [2.24, 2.45) is 15.4 Å². The van der Waals surface area contributed by atoms with Crippen LogP contribution < -0.4 is 5.14 Å². The van der Waals surface area contributed by atoms with Gasteiger partial charge in [0.2, 0.25) is 6.17 Å². The topological polar surface area (TPSA) is 116 Å². The molecule has 0 aliphatic heterocycles. The molecule has 0 bridgehead atoms. The molecule has 2 rings (SSSR count). The quantitative estimate of drug-likeness (QED) is 0.718. The molecule has 1 atom stereocenters. The van der Waals surface area contributed by atoms with Crippen molar-refractivity contribution in [2.75, 3.05) is 0 Å². The molecule has 0 radical (unpaired) electrons. The van der Waals surface area contributed by atoms with Gasteiger partial charge in [0.1, 0.15) is 11.0 Å². The van der Waals surface area contributed by atoms with Crippen LogP contribution in [-0.2, 0) is 11.0 Å². The lowest BCUT2D eigenvalue weighted by molar-refractivity contribution is 0.634. The van der Waals surface area contributed by atoms with Crippen molar-refractivity contribution >= 4 is 11.0 Å². The Morgan fingerprint density at radius 3 is 2.38 bits per heavy atom. The fourth-order valence-electron chi connectivity index (χ4n) is 2.21. The van der Waals surface area contributed by atoms with Crippen LogP contribution in [0.2, 0.25) is 0 Å². The first-order valence-electron chi connectivity index (χ1n) is 6.17. The lowest BCUT2D eigenvalue weighted by Gasteiger charge is -2.15. The molecule has 108 valence electrons. The Kier molecular flexibility index (Phi) is 4.66. The first-order chi connectivity index (χ1) is 10.1. The summed E-state index contributed by atoms with van der Waals surface area (Å²) >= 11 is 0. The van der Waals surface area contributed by atoms with Gasteiger partial charge in [-0.2, -0.15) is 10.2 Å². The average Bonchev–Trinajstić information content (AvgIpc) is 2.48. The summed E-state index contributed by atoms with van der Waals surface area (Å²) in [5, 5.41) is 12.2. The van der Waals surface area contributed by atoms with E-state index in [1.165, 1.54) is 0 Å². The highest BCUT2D eigenvalue weighted by Gasteiger charge is 2.21. The predicted octanol–water partition coefficient (Wildman–Crippen LogP) is 3.70. The second-order valence-corrected chi connectivity index (χ2v) is 5.55. The van der Waals surface area contributed by atoms with Crippen molar-refractivity contribution in [1.29, 1.82) is 11.1 Å². The smallest absolute Gasteiger partial charge is 0.207 e. The molecule has 2 aromatic rings. The summed E-state index contributed by atoms with van der Waals surface area (Å²) in [6.45, 7) is 1.97. The van der Waals surface area contributed by atoms with Gasteiger partial charge in [0.25, 0.3) is 0 Å². The van der Waals surface area contributed by atoms with Crippen LogP contribution in [0.4, 0.5) is 0 Å². The first-order valence-corrected chi connectivity index (χ1v) is 7.39. The van der Waals surface area contributed by atoms with E-state index in [-0.39, 0.29) is 0 Å². The number of hydrogen-bond acceptors (Lipinski definition) is 5. The molecule has 6 nitrogen and oxygen atoms in total. The van der Waals surface area contributed by atoms with Gasteiger partial charge in [-0.1, -0.05) is 42.0 Å². The van der Waals surface area contributed by atoms with Gasteiger partial charge in [0.15, 0.2) is 0 Å². The fraction of sp³-hybridized carbons (Fsp3) is 0.143. The number of nitrogens with one attached hydrogen (secondary N) is 2. The number of nitrogens with two attached hydrogens (primary N) is 1. The van der Waals surface area contributed by atoms with E-state index in [0.717, 1.165) is 16.7 Å². The highest BCUT2D eigenvalue weighted by molar-refractivity contribution is 7.82. The molecule has 0 heterocycles. The van der Waals surface area contributed by atoms with E-state index in [1.807, 2.05) is 37.3 Å². The van der Waals surface area contributed by atoms with Crippen LogP contribution in [0, 0.1) is 18.0 Å². The van der Waals surface area contributed by atoms with E-state index in [0.29, 0.717) is 10.5 Å². The monoisotopic (exact) mass is 301 g/mol. The van der Waals surface area contributed by atoms with Crippen LogP contribution >= 0.6 is 0 Å². The van der Waals surface area contributed by atoms with Gasteiger partial charge in [0.05, 0.1) is 4.90 Å². The largest absolute Gasteiger partial charge is 0.248 e. The summed E-state index contributed by atoms with van der Waals surface area (Å²) < 4.78 is 11.7. The van der Waals surface area contributed by atoms with E-state index in [9.17, 15) is 4.21 Å². The third kappa shape index (κ3) is 3.09. The van der Waals surface area contributed by atoms with Crippen LogP contribution in [0.25, 0.3) is 11.1 Å². The maximum atomic E-state index is 11.7. The number of nitrogens with zero attached hydrogens (tertiary/aromatic N) is 2. The van der Waals surface area contributed by atoms with Crippen molar-refractivity contribution in [3.8, 4) is 11.1 Å². The van der Waals surface area contributed by atoms with Gasteiger partial charge in [-0.25, -0.2) is 20.4 Å². The van der Waals surface area contributed by atoms with Gasteiger partial charge >= 0.3 is 0 Å². The molecule has 0 saturated carbocycles. The molecule has 1 unspecified atom stereocenters. The Bertz CT molecular complexity index is 708. The zero-order chi connectivity index (χ0) is 15.4. The third-order valence-corrected chi connectivity index (χ3v) is 3.90. The fourth-order valence-corrected chi connectivity index (χ4v) is 2.85. The molecule has 0 spiro atoms. The molecule has 21 heavy (non-hydrogen) atoms. The predicted molar refractivity (Wildman–Crippen MR) is 80.2 cm³/mol. The summed E-state index contributed by atoms with van der Waals surface area (Å²) in [6.07, 6.45) is -1.04. The molecule has 0 aliphatic carbocycles. The SMILES string of the molecule is Cc1cccc(-c2cccc(S(N)=O)c2C(N=N)N=N)c1. The zero-order valence-corrected chi connectivity index (χ0v) is 12.2. The molecule has 0 aliphatic rings. The maximum Gasteiger partial charge on any atom is 0.207 e. The van der Waals surface area contributed by atoms with Gasteiger partial charge in [-0.05, 0) is 24.1 Å². The van der Waals surface area contributed by atoms with Crippen molar-refractivity contribution in [3.63, 3.8) is 0 Å². The Morgan fingerprint density at radius 1 is 1.14 bits per heavy atom. The number of benzene rings is 2. The summed E-state index contributed by atoms with van der Waals surface area (Å²) in [7, 11) is -1.74. The van der Waals surface area contributed by atoms with Crippen LogP contribution in [-0.4, -0.2) is 4.21 Å². The minimum absolute atomic E-state index is 0.339. The molecular formula is C14H15N5OS. The van der Waals surface area contributed by atoms with Crippen molar-refractivity contribution in [1.82, 2.24) is 0 Å². The van der Waals surface area contributed by atoms with E-state index in [1.54, 1.807) is 12.1 Å². The molecule has 0 saturated heterocycles. The summed E-state index contributed by atoms with van der Waals surface area (Å²) in [5.41, 5.74) is 17.5. The van der Waals surface area contributed by atoms with Gasteiger partial charge in [-0.15, -0.1) is 0 Å². The highest BCUT2D eigenvalue weighted by atomic mass is 32.2. The molecule has 0 aromatic heterocycles. The molecule has 0 fully saturated rings. The van der Waals surface area contributed by atoms with Crippen LogP contribution in [0.5, 0.6) is 0 Å². The van der Waals surface area contributed by atoms with Gasteiger partial charge < -0.3 is 0 Å². The molecule has 0 amide bonds. The second kappa shape index (κ2) is 6.47. The van der Waals surface area contributed by atoms with Crippen molar-refractivity contribution < 1.29 is 4.21 Å². The number of aryl methyl sites for hydroxylation is 1. The first kappa shape index (κ1) is 15.1. The number of rotatable bonds is 5. The zero-order valence-electron chi connectivity index (χ0n) is 11.4. The van der Waals surface area contributed by atoms with Crippen LogP contribution in [0.3, 0.4) is 0 Å². The Labute approximate surface area is 125 Å². The van der Waals surface area contributed by atoms with Crippen molar-refractivity contribution in [2.45, 2.75) is 18.0 Å². The van der Waals surface area contributed by atoms with E-state index < -0.39 is 17.2 Å². The molecule has 2 aromatic carbocycles. The molecular weight excluding hydrogens is 286 g/mol. The normalized spacial score (nSPS) is 13.4. The minimum Gasteiger partial charge on any atom is -0.248 e. The third-order valence-electron chi connectivity index (χ3n) is 3.11. The van der Waals surface area contributed by atoms with E-state index in [2.05, 4.69) is 10.2 Å². The standard InChI is InChI=1S/C14H15N5OS/c1-9-4-2-5-10(8-9)11-6-3-7-12(21(17)20)13(11)14(18-15)19-16/h2-8,14-16H,17H2,1H3. The van der Waals surface area contributed by atoms with Crippen LogP contribution in [0.1, 0.15) is 17.3 Å². The van der Waals surface area contributed by atoms with E-state index >= 15 is 0 Å². The minimum atomic E-state index is -1.74. The highest BCUT2D eigenvalue weighted by Crippen LogP contribution is 2.35. The summed E-state index contributed by atoms with van der Waals surface area (Å²) in [5.74, 6) is 0. The summed E-state index contributed by atoms with van der Waals surface area (Å²) in [4.78, 5) is 0.339. The lowest BCUT2D eigenvalue weighted by atomic mass is 9.97. The molecule has 4 N–H and O–H groups in total. The van der Waals surface area contributed by atoms with Gasteiger partial charge in [-0.3, -0.25) is 0 Å². The lowest BCUT2D eigenvalue weighted by Crippen LogP contribution is -2.09. The van der Waals surface area contributed by atoms with Crippen molar-refractivity contribution in [3.05, 3.63) is 53.6 Å². The molecule has 7 heteroatoms. The number of hydrogen-bond donors (Lipinski definition) is 3. The average molecular weight is 301 g/mol. The Hall–Kier alpha value is -2.25. The van der Waals surface area contributed by atoms with Crippen LogP contribution in [0.15, 0.2) is 57.6 Å². The summed E-state index contributed by atoms with van der Waals surface area (Å²) in [6, 6.07) is 12.9. The van der Waals surface area contributed by atoms with E-state index in [4.69, 9.17) is 16.2 Å². The Morgan fingerprint density at radius 2 is 1.81 bits per heavy atom. The second-order valence-electron chi connectivity index (χ2n) is 4.52.